The Hall–Kier alpha value is -1.62. The minimum absolute atomic E-state index is 0.0879. The Morgan fingerprint density at radius 2 is 2.33 bits per heavy atom. The lowest BCUT2D eigenvalue weighted by molar-refractivity contribution is 0.0917. The standard InChI is InChI=1S/C10H14N4O/c11-14-9-6-12-5-4-8(9)10(15)13-7-2-1-3-7/h4-7,14H,1-3,11H2,(H,13,15). The molecule has 1 aliphatic rings. The molecular formula is C10H14N4O. The quantitative estimate of drug-likeness (QED) is 0.501. The van der Waals surface area contributed by atoms with Crippen molar-refractivity contribution in [3.63, 3.8) is 0 Å². The van der Waals surface area contributed by atoms with Gasteiger partial charge in [-0.2, -0.15) is 0 Å². The lowest BCUT2D eigenvalue weighted by atomic mass is 9.93. The lowest BCUT2D eigenvalue weighted by Crippen LogP contribution is -2.39. The number of pyridine rings is 1. The Bertz CT molecular complexity index is 362. The van der Waals surface area contributed by atoms with E-state index < -0.39 is 0 Å². The fourth-order valence-corrected chi connectivity index (χ4v) is 1.52. The van der Waals surface area contributed by atoms with Gasteiger partial charge in [0.25, 0.3) is 5.91 Å². The van der Waals surface area contributed by atoms with Crippen LogP contribution in [0.1, 0.15) is 29.6 Å². The largest absolute Gasteiger partial charge is 0.349 e. The topological polar surface area (TPSA) is 80.0 Å². The number of hydrogen-bond acceptors (Lipinski definition) is 4. The number of hydrazine groups is 1. The fourth-order valence-electron chi connectivity index (χ4n) is 1.52. The molecular weight excluding hydrogens is 192 g/mol. The highest BCUT2D eigenvalue weighted by molar-refractivity contribution is 5.99. The maximum atomic E-state index is 11.8. The van der Waals surface area contributed by atoms with Gasteiger partial charge in [0.1, 0.15) is 0 Å². The van der Waals surface area contributed by atoms with Crippen molar-refractivity contribution in [2.45, 2.75) is 25.3 Å². The van der Waals surface area contributed by atoms with Gasteiger partial charge in [0.15, 0.2) is 0 Å². The first-order valence-corrected chi connectivity index (χ1v) is 5.03. The van der Waals surface area contributed by atoms with Crippen LogP contribution in [0.4, 0.5) is 5.69 Å². The first-order chi connectivity index (χ1) is 7.31. The van der Waals surface area contributed by atoms with Crippen molar-refractivity contribution in [1.29, 1.82) is 0 Å². The maximum Gasteiger partial charge on any atom is 0.253 e. The van der Waals surface area contributed by atoms with Crippen molar-refractivity contribution in [2.24, 2.45) is 5.84 Å². The zero-order chi connectivity index (χ0) is 10.7. The molecule has 1 saturated carbocycles. The van der Waals surface area contributed by atoms with Gasteiger partial charge < -0.3 is 10.7 Å². The van der Waals surface area contributed by atoms with E-state index in [2.05, 4.69) is 15.7 Å². The first-order valence-electron chi connectivity index (χ1n) is 5.03. The molecule has 5 nitrogen and oxygen atoms in total. The summed E-state index contributed by atoms with van der Waals surface area (Å²) in [4.78, 5) is 15.7. The molecule has 0 atom stereocenters. The molecule has 1 heterocycles. The third kappa shape index (κ3) is 2.07. The highest BCUT2D eigenvalue weighted by atomic mass is 16.1. The Labute approximate surface area is 88.0 Å². The molecule has 1 aliphatic carbocycles. The van der Waals surface area contributed by atoms with Gasteiger partial charge >= 0.3 is 0 Å². The summed E-state index contributed by atoms with van der Waals surface area (Å²) >= 11 is 0. The Kier molecular flexibility index (Phi) is 2.82. The molecule has 0 unspecified atom stereocenters. The molecule has 1 aromatic heterocycles. The monoisotopic (exact) mass is 206 g/mol. The van der Waals surface area contributed by atoms with Crippen molar-refractivity contribution in [3.8, 4) is 0 Å². The van der Waals surface area contributed by atoms with Crippen LogP contribution >= 0.6 is 0 Å². The molecule has 1 amide bonds. The smallest absolute Gasteiger partial charge is 0.253 e. The van der Waals surface area contributed by atoms with E-state index in [0.717, 1.165) is 12.8 Å². The number of aromatic nitrogens is 1. The molecule has 0 bridgehead atoms. The average molecular weight is 206 g/mol. The number of nitrogens with one attached hydrogen (secondary N) is 2. The summed E-state index contributed by atoms with van der Waals surface area (Å²) in [5, 5.41) is 2.95. The van der Waals surface area contributed by atoms with E-state index in [9.17, 15) is 4.79 Å². The summed E-state index contributed by atoms with van der Waals surface area (Å²) in [6.45, 7) is 0. The average Bonchev–Trinajstić information content (AvgIpc) is 2.23. The zero-order valence-electron chi connectivity index (χ0n) is 8.36. The SMILES string of the molecule is NNc1cnccc1C(=O)NC1CCC1. The van der Waals surface area contributed by atoms with Gasteiger partial charge in [-0.3, -0.25) is 15.6 Å². The van der Waals surface area contributed by atoms with Crippen LogP contribution in [0.3, 0.4) is 0 Å². The van der Waals surface area contributed by atoms with E-state index in [4.69, 9.17) is 5.84 Å². The van der Waals surface area contributed by atoms with Crippen LogP contribution in [-0.2, 0) is 0 Å². The van der Waals surface area contributed by atoms with Gasteiger partial charge in [0, 0.05) is 12.2 Å². The van der Waals surface area contributed by atoms with Crippen molar-refractivity contribution in [1.82, 2.24) is 10.3 Å². The van der Waals surface area contributed by atoms with Gasteiger partial charge in [-0.1, -0.05) is 0 Å². The van der Waals surface area contributed by atoms with Crippen LogP contribution in [0.15, 0.2) is 18.5 Å². The molecule has 2 rings (SSSR count). The van der Waals surface area contributed by atoms with E-state index in [1.807, 2.05) is 0 Å². The van der Waals surface area contributed by atoms with Gasteiger partial charge in [-0.25, -0.2) is 0 Å². The van der Waals surface area contributed by atoms with Crippen LogP contribution in [0, 0.1) is 0 Å². The Morgan fingerprint density at radius 3 is 2.93 bits per heavy atom. The molecule has 1 aromatic rings. The van der Waals surface area contributed by atoms with Crippen LogP contribution < -0.4 is 16.6 Å². The van der Waals surface area contributed by atoms with Crippen LogP contribution in [-0.4, -0.2) is 16.9 Å². The number of carbonyl (C=O) groups is 1. The molecule has 0 radical (unpaired) electrons. The highest BCUT2D eigenvalue weighted by Crippen LogP contribution is 2.19. The second-order valence-electron chi connectivity index (χ2n) is 3.67. The molecule has 1 fully saturated rings. The predicted molar refractivity (Wildman–Crippen MR) is 57.2 cm³/mol. The summed E-state index contributed by atoms with van der Waals surface area (Å²) in [6, 6.07) is 1.99. The van der Waals surface area contributed by atoms with E-state index in [0.29, 0.717) is 17.3 Å². The van der Waals surface area contributed by atoms with Crippen molar-refractivity contribution in [3.05, 3.63) is 24.0 Å². The van der Waals surface area contributed by atoms with Gasteiger partial charge in [0.05, 0.1) is 17.4 Å². The molecule has 0 aromatic carbocycles. The van der Waals surface area contributed by atoms with E-state index in [1.54, 1.807) is 12.3 Å². The number of nitrogens with two attached hydrogens (primary N) is 1. The van der Waals surface area contributed by atoms with E-state index in [1.165, 1.54) is 12.6 Å². The van der Waals surface area contributed by atoms with Gasteiger partial charge in [0.2, 0.25) is 0 Å². The summed E-state index contributed by atoms with van der Waals surface area (Å²) < 4.78 is 0. The molecule has 0 spiro atoms. The van der Waals surface area contributed by atoms with Gasteiger partial charge in [-0.05, 0) is 25.3 Å². The fraction of sp³-hybridized carbons (Fsp3) is 0.400. The van der Waals surface area contributed by atoms with Crippen molar-refractivity contribution < 1.29 is 4.79 Å². The summed E-state index contributed by atoms with van der Waals surface area (Å²) in [7, 11) is 0. The molecule has 4 N–H and O–H groups in total. The predicted octanol–water partition coefficient (Wildman–Crippen LogP) is 0.649. The number of nitrogen functional groups attached to an aromatic ring is 1. The summed E-state index contributed by atoms with van der Waals surface area (Å²) in [6.07, 6.45) is 6.46. The number of rotatable bonds is 3. The maximum absolute atomic E-state index is 11.8. The third-order valence-electron chi connectivity index (χ3n) is 2.66. The number of nitrogens with zero attached hydrogens (tertiary/aromatic N) is 1. The van der Waals surface area contributed by atoms with Crippen LogP contribution in [0.25, 0.3) is 0 Å². The number of amides is 1. The minimum atomic E-state index is -0.0879. The number of anilines is 1. The van der Waals surface area contributed by atoms with E-state index >= 15 is 0 Å². The first kappa shape index (κ1) is 9.92. The van der Waals surface area contributed by atoms with Crippen molar-refractivity contribution in [2.75, 3.05) is 5.43 Å². The van der Waals surface area contributed by atoms with Crippen LogP contribution in [0.2, 0.25) is 0 Å². The highest BCUT2D eigenvalue weighted by Gasteiger charge is 2.21. The van der Waals surface area contributed by atoms with Crippen LogP contribution in [0.5, 0.6) is 0 Å². The lowest BCUT2D eigenvalue weighted by Gasteiger charge is -2.26. The molecule has 0 saturated heterocycles. The second-order valence-corrected chi connectivity index (χ2v) is 3.67. The molecule has 5 heteroatoms. The van der Waals surface area contributed by atoms with Crippen molar-refractivity contribution >= 4 is 11.6 Å². The summed E-state index contributed by atoms with van der Waals surface area (Å²) in [5.74, 6) is 5.21. The minimum Gasteiger partial charge on any atom is -0.349 e. The third-order valence-corrected chi connectivity index (χ3v) is 2.66. The Morgan fingerprint density at radius 1 is 1.53 bits per heavy atom. The van der Waals surface area contributed by atoms with Gasteiger partial charge in [-0.15, -0.1) is 0 Å². The molecule has 0 aliphatic heterocycles. The summed E-state index contributed by atoms with van der Waals surface area (Å²) in [5.41, 5.74) is 3.55. The zero-order valence-corrected chi connectivity index (χ0v) is 8.36. The number of carbonyl (C=O) groups excluding carboxylic acids is 1. The molecule has 80 valence electrons. The van der Waals surface area contributed by atoms with E-state index in [-0.39, 0.29) is 5.91 Å². The second kappa shape index (κ2) is 4.27. The normalized spacial score (nSPS) is 15.5. The molecule has 15 heavy (non-hydrogen) atoms. The number of hydrogen-bond donors (Lipinski definition) is 3. The Balaban J connectivity index is 2.09.